The molecular weight excluding hydrogens is 214 g/mol. The monoisotopic (exact) mass is 227 g/mol. The van der Waals surface area contributed by atoms with E-state index in [2.05, 4.69) is 22.4 Å². The molecule has 4 heteroatoms. The number of nitrogens with zero attached hydrogens (tertiary/aromatic N) is 1. The standard InChI is InChI=1S/C13H13N3O/c14-6-3-13(17)16-7-4-10-1-2-11-5-8-15-12(11)9-10/h1-2,5,8-9,15H,3-4,7H2,(H,16,17). The first-order valence-corrected chi connectivity index (χ1v) is 5.49. The summed E-state index contributed by atoms with van der Waals surface area (Å²) in [5.41, 5.74) is 2.27. The van der Waals surface area contributed by atoms with E-state index in [-0.39, 0.29) is 12.3 Å². The Bertz CT molecular complexity index is 565. The van der Waals surface area contributed by atoms with Crippen LogP contribution in [0.15, 0.2) is 30.5 Å². The zero-order valence-electron chi connectivity index (χ0n) is 9.36. The van der Waals surface area contributed by atoms with Crippen LogP contribution in [0.3, 0.4) is 0 Å². The van der Waals surface area contributed by atoms with E-state index in [4.69, 9.17) is 5.26 Å². The topological polar surface area (TPSA) is 68.7 Å². The average molecular weight is 227 g/mol. The maximum absolute atomic E-state index is 11.1. The van der Waals surface area contributed by atoms with Gasteiger partial charge < -0.3 is 10.3 Å². The Labute approximate surface area is 99.3 Å². The van der Waals surface area contributed by atoms with Gasteiger partial charge in [0, 0.05) is 18.3 Å². The summed E-state index contributed by atoms with van der Waals surface area (Å²) in [5, 5.41) is 12.2. The second-order valence-electron chi connectivity index (χ2n) is 3.83. The van der Waals surface area contributed by atoms with Gasteiger partial charge in [-0.15, -0.1) is 0 Å². The minimum Gasteiger partial charge on any atom is -0.361 e. The van der Waals surface area contributed by atoms with Gasteiger partial charge in [-0.05, 0) is 29.5 Å². The van der Waals surface area contributed by atoms with Crippen LogP contribution in [0.2, 0.25) is 0 Å². The van der Waals surface area contributed by atoms with Gasteiger partial charge in [0.15, 0.2) is 0 Å². The normalized spacial score (nSPS) is 10.1. The van der Waals surface area contributed by atoms with Crippen molar-refractivity contribution in [2.24, 2.45) is 0 Å². The molecule has 2 rings (SSSR count). The van der Waals surface area contributed by atoms with Gasteiger partial charge in [-0.1, -0.05) is 12.1 Å². The minimum atomic E-state index is -0.214. The molecule has 0 spiro atoms. The van der Waals surface area contributed by atoms with E-state index >= 15 is 0 Å². The number of hydrogen-bond donors (Lipinski definition) is 2. The molecule has 0 saturated heterocycles. The van der Waals surface area contributed by atoms with Crippen LogP contribution in [0.25, 0.3) is 10.9 Å². The van der Waals surface area contributed by atoms with E-state index in [0.717, 1.165) is 17.5 Å². The fraction of sp³-hybridized carbons (Fsp3) is 0.231. The van der Waals surface area contributed by atoms with Crippen LogP contribution in [-0.4, -0.2) is 17.4 Å². The lowest BCUT2D eigenvalue weighted by atomic mass is 10.1. The van der Waals surface area contributed by atoms with Crippen molar-refractivity contribution in [3.8, 4) is 6.07 Å². The first-order valence-electron chi connectivity index (χ1n) is 5.49. The molecule has 1 heterocycles. The molecule has 86 valence electrons. The number of carbonyl (C=O) groups is 1. The van der Waals surface area contributed by atoms with E-state index in [1.807, 2.05) is 24.4 Å². The molecule has 0 fully saturated rings. The van der Waals surface area contributed by atoms with E-state index in [1.54, 1.807) is 0 Å². The van der Waals surface area contributed by atoms with Gasteiger partial charge in [0.05, 0.1) is 6.07 Å². The zero-order chi connectivity index (χ0) is 12.1. The molecule has 1 aromatic carbocycles. The first-order chi connectivity index (χ1) is 8.29. The van der Waals surface area contributed by atoms with Crippen molar-refractivity contribution >= 4 is 16.8 Å². The van der Waals surface area contributed by atoms with Crippen molar-refractivity contribution in [3.63, 3.8) is 0 Å². The average Bonchev–Trinajstić information content (AvgIpc) is 2.76. The third-order valence-electron chi connectivity index (χ3n) is 2.59. The van der Waals surface area contributed by atoms with Gasteiger partial charge in [-0.25, -0.2) is 0 Å². The van der Waals surface area contributed by atoms with Crippen molar-refractivity contribution in [2.75, 3.05) is 6.54 Å². The number of nitriles is 1. The zero-order valence-corrected chi connectivity index (χ0v) is 9.36. The first kappa shape index (κ1) is 11.2. The summed E-state index contributed by atoms with van der Waals surface area (Å²) >= 11 is 0. The van der Waals surface area contributed by atoms with Crippen LogP contribution in [0.5, 0.6) is 0 Å². The van der Waals surface area contributed by atoms with Crippen molar-refractivity contribution in [1.29, 1.82) is 5.26 Å². The summed E-state index contributed by atoms with van der Waals surface area (Å²) in [7, 11) is 0. The SMILES string of the molecule is N#CCC(=O)NCCc1ccc2cc[nH]c2c1. The third kappa shape index (κ3) is 2.85. The van der Waals surface area contributed by atoms with Gasteiger partial charge >= 0.3 is 0 Å². The Balaban J connectivity index is 1.90. The summed E-state index contributed by atoms with van der Waals surface area (Å²) in [6.45, 7) is 0.562. The third-order valence-corrected chi connectivity index (χ3v) is 2.59. The summed E-state index contributed by atoms with van der Waals surface area (Å²) in [6, 6.07) is 10.0. The van der Waals surface area contributed by atoms with Gasteiger partial charge in [-0.2, -0.15) is 5.26 Å². The number of aromatic nitrogens is 1. The summed E-state index contributed by atoms with van der Waals surface area (Å²) < 4.78 is 0. The molecule has 0 aliphatic heterocycles. The van der Waals surface area contributed by atoms with Gasteiger partial charge in [-0.3, -0.25) is 4.79 Å². The lowest BCUT2D eigenvalue weighted by molar-refractivity contribution is -0.120. The van der Waals surface area contributed by atoms with Crippen LogP contribution in [0.4, 0.5) is 0 Å². The molecule has 4 nitrogen and oxygen atoms in total. The number of benzene rings is 1. The summed E-state index contributed by atoms with van der Waals surface area (Å²) in [4.78, 5) is 14.2. The highest BCUT2D eigenvalue weighted by atomic mass is 16.1. The summed E-state index contributed by atoms with van der Waals surface area (Å²) in [6.07, 6.45) is 2.60. The number of rotatable bonds is 4. The molecule has 0 atom stereocenters. The predicted octanol–water partition coefficient (Wildman–Crippen LogP) is 1.74. The Hall–Kier alpha value is -2.28. The van der Waals surface area contributed by atoms with Crippen molar-refractivity contribution in [1.82, 2.24) is 10.3 Å². The molecule has 2 N–H and O–H groups in total. The number of nitrogens with one attached hydrogen (secondary N) is 2. The van der Waals surface area contributed by atoms with Crippen molar-refractivity contribution < 1.29 is 4.79 Å². The highest BCUT2D eigenvalue weighted by Gasteiger charge is 2.00. The molecular formula is C13H13N3O. The van der Waals surface area contributed by atoms with Gasteiger partial charge in [0.2, 0.25) is 5.91 Å². The molecule has 0 radical (unpaired) electrons. The van der Waals surface area contributed by atoms with Crippen LogP contribution in [-0.2, 0) is 11.2 Å². The van der Waals surface area contributed by atoms with E-state index in [0.29, 0.717) is 6.54 Å². The van der Waals surface area contributed by atoms with Crippen LogP contribution in [0.1, 0.15) is 12.0 Å². The molecule has 17 heavy (non-hydrogen) atoms. The van der Waals surface area contributed by atoms with E-state index < -0.39 is 0 Å². The Morgan fingerprint density at radius 2 is 2.29 bits per heavy atom. The fourth-order valence-electron chi connectivity index (χ4n) is 1.73. The molecule has 0 aliphatic rings. The number of carbonyl (C=O) groups excluding carboxylic acids is 1. The smallest absolute Gasteiger partial charge is 0.234 e. The van der Waals surface area contributed by atoms with Crippen molar-refractivity contribution in [3.05, 3.63) is 36.0 Å². The number of amides is 1. The second kappa shape index (κ2) is 5.17. The maximum atomic E-state index is 11.1. The Morgan fingerprint density at radius 1 is 1.41 bits per heavy atom. The van der Waals surface area contributed by atoms with Crippen molar-refractivity contribution in [2.45, 2.75) is 12.8 Å². The van der Waals surface area contributed by atoms with Crippen LogP contribution < -0.4 is 5.32 Å². The molecule has 1 amide bonds. The van der Waals surface area contributed by atoms with E-state index in [9.17, 15) is 4.79 Å². The Kier molecular flexibility index (Phi) is 3.41. The molecule has 1 aromatic heterocycles. The number of H-pyrrole nitrogens is 1. The lowest BCUT2D eigenvalue weighted by Crippen LogP contribution is -2.24. The van der Waals surface area contributed by atoms with Gasteiger partial charge in [0.25, 0.3) is 0 Å². The lowest BCUT2D eigenvalue weighted by Gasteiger charge is -2.03. The Morgan fingerprint density at radius 3 is 3.12 bits per heavy atom. The van der Waals surface area contributed by atoms with Gasteiger partial charge in [0.1, 0.15) is 6.42 Å². The molecule has 2 aromatic rings. The largest absolute Gasteiger partial charge is 0.361 e. The summed E-state index contributed by atoms with van der Waals surface area (Å²) in [5.74, 6) is -0.214. The minimum absolute atomic E-state index is 0.0737. The molecule has 0 bridgehead atoms. The highest BCUT2D eigenvalue weighted by molar-refractivity contribution is 5.80. The second-order valence-corrected chi connectivity index (χ2v) is 3.83. The van der Waals surface area contributed by atoms with E-state index in [1.165, 1.54) is 5.39 Å². The number of fused-ring (bicyclic) bond motifs is 1. The quantitative estimate of drug-likeness (QED) is 0.835. The van der Waals surface area contributed by atoms with Crippen LogP contribution >= 0.6 is 0 Å². The number of hydrogen-bond acceptors (Lipinski definition) is 2. The molecule has 0 unspecified atom stereocenters. The highest BCUT2D eigenvalue weighted by Crippen LogP contribution is 2.14. The fourth-order valence-corrected chi connectivity index (χ4v) is 1.73. The predicted molar refractivity (Wildman–Crippen MR) is 65.2 cm³/mol. The number of aromatic amines is 1. The molecule has 0 aliphatic carbocycles. The van der Waals surface area contributed by atoms with Crippen LogP contribution in [0, 0.1) is 11.3 Å². The molecule has 0 saturated carbocycles. The maximum Gasteiger partial charge on any atom is 0.234 e.